The molecule has 8 nitrogen and oxygen atoms in total. The Kier molecular flexibility index (Phi) is 4.73. The van der Waals surface area contributed by atoms with Gasteiger partial charge in [0.25, 0.3) is 0 Å². The predicted octanol–water partition coefficient (Wildman–Crippen LogP) is 0.995. The van der Waals surface area contributed by atoms with E-state index < -0.39 is 23.6 Å². The number of rotatable bonds is 5. The maximum atomic E-state index is 12.4. The monoisotopic (exact) mass is 319 g/mol. The number of fused-ring (bicyclic) bond motifs is 1. The van der Waals surface area contributed by atoms with Crippen LogP contribution in [-0.2, 0) is 14.3 Å². The molecule has 0 saturated heterocycles. The van der Waals surface area contributed by atoms with Gasteiger partial charge in [-0.1, -0.05) is 13.8 Å². The van der Waals surface area contributed by atoms with Gasteiger partial charge in [0.05, 0.1) is 19.8 Å². The molecule has 1 aromatic heterocycles. The van der Waals surface area contributed by atoms with Crippen molar-refractivity contribution in [2.75, 3.05) is 19.5 Å². The predicted molar refractivity (Wildman–Crippen MR) is 80.0 cm³/mol. The largest absolute Gasteiger partial charge is 0.492 e. The van der Waals surface area contributed by atoms with Gasteiger partial charge in [-0.05, 0) is 5.92 Å². The molecule has 0 radical (unpaired) electrons. The molecule has 0 bridgehead atoms. The Morgan fingerprint density at radius 2 is 1.91 bits per heavy atom. The van der Waals surface area contributed by atoms with Gasteiger partial charge in [-0.25, -0.2) is 14.8 Å². The van der Waals surface area contributed by atoms with Crippen LogP contribution in [0.3, 0.4) is 0 Å². The minimum atomic E-state index is -0.723. The van der Waals surface area contributed by atoms with Crippen molar-refractivity contribution in [2.24, 2.45) is 5.92 Å². The summed E-state index contributed by atoms with van der Waals surface area (Å²) in [6.07, 6.45) is 2.24. The number of ether oxygens (including phenoxy) is 2. The van der Waals surface area contributed by atoms with E-state index in [9.17, 15) is 14.4 Å². The van der Waals surface area contributed by atoms with Crippen LogP contribution in [0.25, 0.3) is 0 Å². The second-order valence-electron chi connectivity index (χ2n) is 5.24. The minimum Gasteiger partial charge on any atom is -0.492 e. The number of esters is 1. The third-order valence-corrected chi connectivity index (χ3v) is 3.43. The number of allylic oxidation sites excluding steroid dienone is 2. The summed E-state index contributed by atoms with van der Waals surface area (Å²) < 4.78 is 9.67. The molecular weight excluding hydrogens is 302 g/mol. The summed E-state index contributed by atoms with van der Waals surface area (Å²) in [6, 6.07) is -0.723. The average molecular weight is 319 g/mol. The lowest BCUT2D eigenvalue weighted by Crippen LogP contribution is -2.37. The first-order chi connectivity index (χ1) is 10.9. The van der Waals surface area contributed by atoms with Crippen LogP contribution in [0.5, 0.6) is 0 Å². The molecule has 0 aromatic carbocycles. The van der Waals surface area contributed by atoms with Crippen LogP contribution in [0, 0.1) is 5.92 Å². The van der Waals surface area contributed by atoms with Crippen molar-refractivity contribution in [3.8, 4) is 0 Å². The van der Waals surface area contributed by atoms with Crippen molar-refractivity contribution in [1.29, 1.82) is 0 Å². The molecule has 1 aromatic rings. The fourth-order valence-corrected chi connectivity index (χ4v) is 2.20. The zero-order valence-electron chi connectivity index (χ0n) is 13.2. The summed E-state index contributed by atoms with van der Waals surface area (Å²) >= 11 is 0. The van der Waals surface area contributed by atoms with Crippen LogP contribution < -0.4 is 5.32 Å². The van der Waals surface area contributed by atoms with E-state index >= 15 is 0 Å². The normalized spacial score (nSPS) is 14.9. The SMILES string of the molecule is COC(=O)[C@@H](Nc1ncnc2c1C(=O)C(OC)=CC2=O)C(C)C. The zero-order valence-corrected chi connectivity index (χ0v) is 13.2. The van der Waals surface area contributed by atoms with Gasteiger partial charge in [0.1, 0.15) is 23.9 Å². The summed E-state index contributed by atoms with van der Waals surface area (Å²) in [7, 11) is 2.57. The molecule has 0 fully saturated rings. The molecule has 1 atom stereocenters. The highest BCUT2D eigenvalue weighted by atomic mass is 16.5. The van der Waals surface area contributed by atoms with Crippen LogP contribution in [0.2, 0.25) is 0 Å². The molecule has 8 heteroatoms. The smallest absolute Gasteiger partial charge is 0.328 e. The number of anilines is 1. The van der Waals surface area contributed by atoms with E-state index in [1.165, 1.54) is 14.2 Å². The molecule has 2 rings (SSSR count). The van der Waals surface area contributed by atoms with E-state index in [1.54, 1.807) is 0 Å². The molecule has 0 aliphatic heterocycles. The Balaban J connectivity index is 2.48. The van der Waals surface area contributed by atoms with Crippen LogP contribution >= 0.6 is 0 Å². The first kappa shape index (κ1) is 16.6. The molecule has 1 aliphatic carbocycles. The van der Waals surface area contributed by atoms with Crippen molar-refractivity contribution < 1.29 is 23.9 Å². The Labute approximate surface area is 132 Å². The van der Waals surface area contributed by atoms with E-state index in [4.69, 9.17) is 9.47 Å². The van der Waals surface area contributed by atoms with Crippen molar-refractivity contribution in [2.45, 2.75) is 19.9 Å². The van der Waals surface area contributed by atoms with Gasteiger partial charge in [-0.15, -0.1) is 0 Å². The molecule has 0 unspecified atom stereocenters. The molecule has 1 N–H and O–H groups in total. The summed E-state index contributed by atoms with van der Waals surface area (Å²) in [5.41, 5.74) is -0.0351. The molecule has 0 spiro atoms. The van der Waals surface area contributed by atoms with Crippen molar-refractivity contribution in [3.05, 3.63) is 29.4 Å². The Morgan fingerprint density at radius 3 is 2.48 bits per heavy atom. The van der Waals surface area contributed by atoms with Crippen molar-refractivity contribution in [3.63, 3.8) is 0 Å². The van der Waals surface area contributed by atoms with Gasteiger partial charge in [0, 0.05) is 6.08 Å². The summed E-state index contributed by atoms with van der Waals surface area (Å²) in [5.74, 6) is -1.59. The molecule has 0 amide bonds. The van der Waals surface area contributed by atoms with E-state index in [2.05, 4.69) is 15.3 Å². The average Bonchev–Trinajstić information content (AvgIpc) is 2.54. The van der Waals surface area contributed by atoms with E-state index in [-0.39, 0.29) is 28.8 Å². The molecule has 122 valence electrons. The Bertz CT molecular complexity index is 696. The summed E-state index contributed by atoms with van der Waals surface area (Å²) in [6.45, 7) is 3.63. The number of carbonyl (C=O) groups excluding carboxylic acids is 3. The molecule has 23 heavy (non-hydrogen) atoms. The summed E-state index contributed by atoms with van der Waals surface area (Å²) in [4.78, 5) is 44.2. The number of carbonyl (C=O) groups is 3. The number of aromatic nitrogens is 2. The highest BCUT2D eigenvalue weighted by Crippen LogP contribution is 2.26. The van der Waals surface area contributed by atoms with Gasteiger partial charge in [0.2, 0.25) is 11.6 Å². The summed E-state index contributed by atoms with van der Waals surface area (Å²) in [5, 5.41) is 2.87. The van der Waals surface area contributed by atoms with E-state index in [0.717, 1.165) is 12.4 Å². The van der Waals surface area contributed by atoms with E-state index in [0.29, 0.717) is 0 Å². The van der Waals surface area contributed by atoms with Gasteiger partial charge < -0.3 is 14.8 Å². The molecule has 1 heterocycles. The zero-order chi connectivity index (χ0) is 17.1. The maximum absolute atomic E-state index is 12.4. The Morgan fingerprint density at radius 1 is 1.22 bits per heavy atom. The van der Waals surface area contributed by atoms with Crippen LogP contribution in [0.1, 0.15) is 34.7 Å². The third kappa shape index (κ3) is 3.05. The second kappa shape index (κ2) is 6.55. The van der Waals surface area contributed by atoms with Crippen LogP contribution in [-0.4, -0.2) is 47.8 Å². The Hall–Kier alpha value is -2.77. The topological polar surface area (TPSA) is 107 Å². The standard InChI is InChI=1S/C15H17N3O5/c1-7(2)11(15(21)23-4)18-14-10-12(16-6-17-14)8(19)5-9(22-3)13(10)20/h5-7,11H,1-4H3,(H,16,17,18)/t11-/m0/s1. The highest BCUT2D eigenvalue weighted by Gasteiger charge is 2.33. The number of methoxy groups -OCH3 is 2. The van der Waals surface area contributed by atoms with Crippen molar-refractivity contribution >= 4 is 23.4 Å². The number of hydrogen-bond donors (Lipinski definition) is 1. The van der Waals surface area contributed by atoms with Gasteiger partial charge in [0.15, 0.2) is 5.76 Å². The number of nitrogens with one attached hydrogen (secondary N) is 1. The van der Waals surface area contributed by atoms with Gasteiger partial charge in [-0.2, -0.15) is 0 Å². The first-order valence-corrected chi connectivity index (χ1v) is 6.94. The first-order valence-electron chi connectivity index (χ1n) is 6.94. The number of nitrogens with zero attached hydrogens (tertiary/aromatic N) is 2. The second-order valence-corrected chi connectivity index (χ2v) is 5.24. The lowest BCUT2D eigenvalue weighted by Gasteiger charge is -2.23. The maximum Gasteiger partial charge on any atom is 0.328 e. The number of Topliss-reactive ketones (excluding diaryl/α,β-unsaturated/α-hetero) is 1. The number of ketones is 2. The third-order valence-electron chi connectivity index (χ3n) is 3.43. The minimum absolute atomic E-state index is 0.00796. The molecular formula is C15H17N3O5. The lowest BCUT2D eigenvalue weighted by atomic mass is 9.97. The molecule has 1 aliphatic rings. The fraction of sp³-hybridized carbons (Fsp3) is 0.400. The lowest BCUT2D eigenvalue weighted by molar-refractivity contribution is -0.142. The highest BCUT2D eigenvalue weighted by molar-refractivity contribution is 6.24. The van der Waals surface area contributed by atoms with Crippen LogP contribution in [0.15, 0.2) is 18.2 Å². The van der Waals surface area contributed by atoms with Crippen LogP contribution in [0.4, 0.5) is 5.82 Å². The van der Waals surface area contributed by atoms with Gasteiger partial charge in [-0.3, -0.25) is 9.59 Å². The number of hydrogen-bond acceptors (Lipinski definition) is 8. The quantitative estimate of drug-likeness (QED) is 0.801. The van der Waals surface area contributed by atoms with Crippen molar-refractivity contribution in [1.82, 2.24) is 9.97 Å². The molecule has 0 saturated carbocycles. The van der Waals surface area contributed by atoms with E-state index in [1.807, 2.05) is 13.8 Å². The van der Waals surface area contributed by atoms with Gasteiger partial charge >= 0.3 is 5.97 Å². The fourth-order valence-electron chi connectivity index (χ4n) is 2.20.